The first-order chi connectivity index (χ1) is 19.3. The van der Waals surface area contributed by atoms with Gasteiger partial charge in [-0.15, -0.1) is 0 Å². The summed E-state index contributed by atoms with van der Waals surface area (Å²) in [4.78, 5) is 0. The van der Waals surface area contributed by atoms with E-state index in [1.54, 1.807) is 0 Å². The molecule has 0 spiro atoms. The van der Waals surface area contributed by atoms with Crippen LogP contribution in [-0.4, -0.2) is 4.57 Å². The van der Waals surface area contributed by atoms with Crippen LogP contribution in [0.15, 0.2) is 106 Å². The summed E-state index contributed by atoms with van der Waals surface area (Å²) in [7, 11) is 0. The van der Waals surface area contributed by atoms with E-state index in [2.05, 4.69) is 102 Å². The second-order valence-corrected chi connectivity index (χ2v) is 11.2. The number of rotatable bonds is 2. The molecule has 9 rings (SSSR count). The van der Waals surface area contributed by atoms with Gasteiger partial charge in [-0.2, -0.15) is 0 Å². The Morgan fingerprint density at radius 1 is 0.487 bits per heavy atom. The fourth-order valence-corrected chi connectivity index (χ4v) is 7.08. The Kier molecular flexibility index (Phi) is 4.40. The molecule has 3 heteroatoms. The van der Waals surface area contributed by atoms with E-state index in [0.717, 1.165) is 38.8 Å². The standard InChI is InChI=1S/C36H27NO2/c1-2-8-22(9-3-1)23-14-16-33-27(18-23)29-20-30-28-19-24(15-17-34(28)39-36(30)21-35(29)38-33)37-31-12-6-4-10-25(31)26-11-5-7-13-32(26)37/h4-7,10-22H,1-3,8-9H2. The molecule has 1 aliphatic rings. The Labute approximate surface area is 225 Å². The van der Waals surface area contributed by atoms with Gasteiger partial charge in [0.15, 0.2) is 0 Å². The molecule has 0 bridgehead atoms. The number of fused-ring (bicyclic) bond motifs is 9. The molecule has 0 aliphatic heterocycles. The molecule has 3 heterocycles. The van der Waals surface area contributed by atoms with Crippen molar-refractivity contribution >= 4 is 65.7 Å². The summed E-state index contributed by atoms with van der Waals surface area (Å²) >= 11 is 0. The van der Waals surface area contributed by atoms with Gasteiger partial charge in [-0.1, -0.05) is 61.7 Å². The van der Waals surface area contributed by atoms with E-state index in [0.29, 0.717) is 5.92 Å². The number of benzene rings is 5. The highest BCUT2D eigenvalue weighted by Crippen LogP contribution is 2.40. The molecule has 8 aromatic rings. The van der Waals surface area contributed by atoms with Gasteiger partial charge in [-0.25, -0.2) is 0 Å². The Morgan fingerprint density at radius 2 is 1.08 bits per heavy atom. The summed E-state index contributed by atoms with van der Waals surface area (Å²) in [5.74, 6) is 0.667. The Balaban J connectivity index is 1.27. The predicted molar refractivity (Wildman–Crippen MR) is 161 cm³/mol. The van der Waals surface area contributed by atoms with Crippen LogP contribution in [0.2, 0.25) is 0 Å². The highest BCUT2D eigenvalue weighted by molar-refractivity contribution is 6.16. The molecule has 3 nitrogen and oxygen atoms in total. The molecular weight excluding hydrogens is 478 g/mol. The molecule has 0 N–H and O–H groups in total. The fraction of sp³-hybridized carbons (Fsp3) is 0.167. The highest BCUT2D eigenvalue weighted by atomic mass is 16.3. The molecule has 1 aliphatic carbocycles. The van der Waals surface area contributed by atoms with Crippen LogP contribution in [0, 0.1) is 0 Å². The summed E-state index contributed by atoms with van der Waals surface area (Å²) in [6.07, 6.45) is 6.64. The monoisotopic (exact) mass is 505 g/mol. The number of nitrogens with zero attached hydrogens (tertiary/aromatic N) is 1. The molecule has 5 aromatic carbocycles. The first-order valence-corrected chi connectivity index (χ1v) is 14.1. The lowest BCUT2D eigenvalue weighted by molar-refractivity contribution is 0.444. The van der Waals surface area contributed by atoms with E-state index in [1.807, 2.05) is 0 Å². The minimum absolute atomic E-state index is 0.667. The van der Waals surface area contributed by atoms with E-state index in [1.165, 1.54) is 70.2 Å². The van der Waals surface area contributed by atoms with Crippen molar-refractivity contribution < 1.29 is 8.83 Å². The molecule has 0 unspecified atom stereocenters. The molecule has 0 atom stereocenters. The van der Waals surface area contributed by atoms with Gasteiger partial charge in [0.2, 0.25) is 0 Å². The quantitative estimate of drug-likeness (QED) is 0.234. The molecule has 188 valence electrons. The van der Waals surface area contributed by atoms with E-state index < -0.39 is 0 Å². The van der Waals surface area contributed by atoms with Gasteiger partial charge in [0.25, 0.3) is 0 Å². The van der Waals surface area contributed by atoms with Crippen molar-refractivity contribution in [2.24, 2.45) is 0 Å². The summed E-state index contributed by atoms with van der Waals surface area (Å²) in [6, 6.07) is 35.0. The van der Waals surface area contributed by atoms with E-state index in [9.17, 15) is 0 Å². The fourth-order valence-electron chi connectivity index (χ4n) is 7.08. The lowest BCUT2D eigenvalue weighted by Gasteiger charge is -2.21. The van der Waals surface area contributed by atoms with Crippen molar-refractivity contribution in [3.8, 4) is 5.69 Å². The summed E-state index contributed by atoms with van der Waals surface area (Å²) in [5, 5.41) is 7.18. The van der Waals surface area contributed by atoms with Gasteiger partial charge in [0.05, 0.1) is 11.0 Å². The third-order valence-electron chi connectivity index (χ3n) is 8.98. The zero-order valence-electron chi connectivity index (χ0n) is 21.6. The lowest BCUT2D eigenvalue weighted by Crippen LogP contribution is -2.03. The zero-order chi connectivity index (χ0) is 25.5. The van der Waals surface area contributed by atoms with Crippen LogP contribution in [0.25, 0.3) is 71.4 Å². The third kappa shape index (κ3) is 3.10. The summed E-state index contributed by atoms with van der Waals surface area (Å²) < 4.78 is 15.0. The maximum atomic E-state index is 6.35. The maximum Gasteiger partial charge on any atom is 0.139 e. The number of aromatic nitrogens is 1. The normalized spacial score (nSPS) is 15.1. The number of hydrogen-bond acceptors (Lipinski definition) is 2. The SMILES string of the molecule is c1ccc2c(c1)c1ccccc1n2-c1ccc2oc3cc4oc5ccc(C6CCCCC6)cc5c4cc3c2c1. The average Bonchev–Trinajstić information content (AvgIpc) is 3.64. The van der Waals surface area contributed by atoms with E-state index in [-0.39, 0.29) is 0 Å². The van der Waals surface area contributed by atoms with Crippen LogP contribution in [0.3, 0.4) is 0 Å². The second-order valence-electron chi connectivity index (χ2n) is 11.2. The van der Waals surface area contributed by atoms with Gasteiger partial charge in [-0.05, 0) is 72.9 Å². The minimum atomic E-state index is 0.667. The van der Waals surface area contributed by atoms with Crippen LogP contribution < -0.4 is 0 Å². The maximum absolute atomic E-state index is 6.35. The van der Waals surface area contributed by atoms with Crippen molar-refractivity contribution in [3.05, 3.63) is 103 Å². The molecular formula is C36H27NO2. The van der Waals surface area contributed by atoms with Gasteiger partial charge in [0, 0.05) is 44.1 Å². The van der Waals surface area contributed by atoms with Crippen molar-refractivity contribution in [1.82, 2.24) is 4.57 Å². The summed E-state index contributed by atoms with van der Waals surface area (Å²) in [6.45, 7) is 0. The van der Waals surface area contributed by atoms with Gasteiger partial charge in [-0.3, -0.25) is 0 Å². The molecule has 1 saturated carbocycles. The van der Waals surface area contributed by atoms with Crippen molar-refractivity contribution in [3.63, 3.8) is 0 Å². The smallest absolute Gasteiger partial charge is 0.139 e. The summed E-state index contributed by atoms with van der Waals surface area (Å²) in [5.41, 5.74) is 8.62. The van der Waals surface area contributed by atoms with Crippen molar-refractivity contribution in [2.75, 3.05) is 0 Å². The Hall–Kier alpha value is -4.50. The number of hydrogen-bond donors (Lipinski definition) is 0. The third-order valence-corrected chi connectivity index (χ3v) is 8.98. The van der Waals surface area contributed by atoms with Gasteiger partial charge in [0.1, 0.15) is 22.3 Å². The lowest BCUT2D eigenvalue weighted by atomic mass is 9.84. The first kappa shape index (κ1) is 21.4. The van der Waals surface area contributed by atoms with Crippen LogP contribution >= 0.6 is 0 Å². The van der Waals surface area contributed by atoms with E-state index in [4.69, 9.17) is 8.83 Å². The van der Waals surface area contributed by atoms with Crippen molar-refractivity contribution in [2.45, 2.75) is 38.0 Å². The van der Waals surface area contributed by atoms with Crippen LogP contribution in [-0.2, 0) is 0 Å². The first-order valence-electron chi connectivity index (χ1n) is 14.1. The zero-order valence-corrected chi connectivity index (χ0v) is 21.6. The van der Waals surface area contributed by atoms with Crippen LogP contribution in [0.5, 0.6) is 0 Å². The van der Waals surface area contributed by atoms with Crippen LogP contribution in [0.1, 0.15) is 43.6 Å². The van der Waals surface area contributed by atoms with Gasteiger partial charge >= 0.3 is 0 Å². The largest absolute Gasteiger partial charge is 0.456 e. The minimum Gasteiger partial charge on any atom is -0.456 e. The average molecular weight is 506 g/mol. The number of para-hydroxylation sites is 2. The molecule has 0 saturated heterocycles. The Bertz CT molecular complexity index is 2160. The second kappa shape index (κ2) is 8.00. The molecule has 1 fully saturated rings. The predicted octanol–water partition coefficient (Wildman–Crippen LogP) is 10.6. The molecule has 0 radical (unpaired) electrons. The molecule has 0 amide bonds. The van der Waals surface area contributed by atoms with Crippen LogP contribution in [0.4, 0.5) is 0 Å². The highest BCUT2D eigenvalue weighted by Gasteiger charge is 2.19. The Morgan fingerprint density at radius 3 is 1.77 bits per heavy atom. The van der Waals surface area contributed by atoms with Gasteiger partial charge < -0.3 is 13.4 Å². The van der Waals surface area contributed by atoms with E-state index >= 15 is 0 Å². The molecule has 3 aromatic heterocycles. The topological polar surface area (TPSA) is 31.2 Å². The van der Waals surface area contributed by atoms with Crippen molar-refractivity contribution in [1.29, 1.82) is 0 Å². The molecule has 39 heavy (non-hydrogen) atoms. The number of furan rings is 2.